The summed E-state index contributed by atoms with van der Waals surface area (Å²) in [5.41, 5.74) is 0.893. The quantitative estimate of drug-likeness (QED) is 0.625. The molecule has 0 bridgehead atoms. The van der Waals surface area contributed by atoms with Gasteiger partial charge in [-0.25, -0.2) is 22.9 Å². The number of rotatable bonds is 4. The number of primary sulfonamides is 1. The minimum Gasteiger partial charge on any atom is -0.354 e. The molecule has 0 amide bonds. The summed E-state index contributed by atoms with van der Waals surface area (Å²) in [4.78, 5) is 8.41. The molecule has 2 aromatic carbocycles. The molecule has 0 saturated carbocycles. The van der Waals surface area contributed by atoms with Gasteiger partial charge in [0.05, 0.1) is 10.9 Å². The molecule has 154 valence electrons. The van der Waals surface area contributed by atoms with Crippen molar-refractivity contribution in [2.24, 2.45) is 10.1 Å². The van der Waals surface area contributed by atoms with Gasteiger partial charge in [0.1, 0.15) is 17.2 Å². The fourth-order valence-electron chi connectivity index (χ4n) is 3.70. The number of nitrogens with zero attached hydrogens (tertiary/aromatic N) is 2. The van der Waals surface area contributed by atoms with Gasteiger partial charge in [-0.2, -0.15) is 4.39 Å². The summed E-state index contributed by atoms with van der Waals surface area (Å²) in [7, 11) is -3.89. The smallest absolute Gasteiger partial charge is 0.238 e. The highest BCUT2D eigenvalue weighted by atomic mass is 32.2. The molecule has 1 aliphatic heterocycles. The maximum Gasteiger partial charge on any atom is 0.238 e. The molecule has 30 heavy (non-hydrogen) atoms. The van der Waals surface area contributed by atoms with Crippen LogP contribution in [0, 0.1) is 11.8 Å². The summed E-state index contributed by atoms with van der Waals surface area (Å²) in [5.74, 6) is -0.582. The number of hydrogen-bond donors (Lipinski definition) is 2. The first kappa shape index (κ1) is 20.1. The highest BCUT2D eigenvalue weighted by molar-refractivity contribution is 7.89. The Morgan fingerprint density at radius 2 is 1.73 bits per heavy atom. The van der Waals surface area contributed by atoms with E-state index in [9.17, 15) is 17.2 Å². The zero-order valence-corrected chi connectivity index (χ0v) is 16.7. The first-order chi connectivity index (χ1) is 14.2. The molecule has 0 fully saturated rings. The number of hydrogen-bond acceptors (Lipinski definition) is 5. The van der Waals surface area contributed by atoms with Gasteiger partial charge in [-0.05, 0) is 42.8 Å². The Balaban J connectivity index is 1.84. The summed E-state index contributed by atoms with van der Waals surface area (Å²) in [6.45, 7) is 1.86. The van der Waals surface area contributed by atoms with Gasteiger partial charge in [-0.15, -0.1) is 0 Å². The molecule has 2 atom stereocenters. The van der Waals surface area contributed by atoms with E-state index in [4.69, 9.17) is 5.14 Å². The monoisotopic (exact) mass is 428 g/mol. The molecule has 6 nitrogen and oxygen atoms in total. The first-order valence-corrected chi connectivity index (χ1v) is 10.6. The third-order valence-corrected chi connectivity index (χ3v) is 6.09. The number of sulfonamides is 1. The molecule has 9 heteroatoms. The van der Waals surface area contributed by atoms with Crippen LogP contribution in [0.5, 0.6) is 0 Å². The van der Waals surface area contributed by atoms with Crippen molar-refractivity contribution in [3.63, 3.8) is 0 Å². The van der Waals surface area contributed by atoms with Crippen molar-refractivity contribution in [1.29, 1.82) is 0 Å². The van der Waals surface area contributed by atoms with Crippen LogP contribution in [0.3, 0.4) is 0 Å². The van der Waals surface area contributed by atoms with Gasteiger partial charge in [0.25, 0.3) is 0 Å². The summed E-state index contributed by atoms with van der Waals surface area (Å²) in [6.07, 6.45) is 1.40. The van der Waals surface area contributed by atoms with E-state index in [0.717, 1.165) is 0 Å². The van der Waals surface area contributed by atoms with E-state index in [-0.39, 0.29) is 4.90 Å². The summed E-state index contributed by atoms with van der Waals surface area (Å²) >= 11 is 0. The Bertz CT molecular complexity index is 1180. The average Bonchev–Trinajstić information content (AvgIpc) is 3.07. The zero-order chi connectivity index (χ0) is 21.5. The molecule has 0 spiro atoms. The zero-order valence-electron chi connectivity index (χ0n) is 15.9. The molecular formula is C21H18F2N4O2S. The lowest BCUT2D eigenvalue weighted by Gasteiger charge is -2.34. The molecule has 0 unspecified atom stereocenters. The Kier molecular flexibility index (Phi) is 4.87. The lowest BCUT2D eigenvalue weighted by Crippen LogP contribution is -2.48. The Morgan fingerprint density at radius 3 is 2.37 bits per heavy atom. The predicted octanol–water partition coefficient (Wildman–Crippen LogP) is 2.69. The van der Waals surface area contributed by atoms with Crippen LogP contribution in [-0.4, -0.2) is 25.3 Å². The second-order valence-electron chi connectivity index (χ2n) is 7.04. The Labute approximate surface area is 172 Å². The van der Waals surface area contributed by atoms with E-state index in [1.807, 2.05) is 6.92 Å². The van der Waals surface area contributed by atoms with Crippen molar-refractivity contribution in [3.05, 3.63) is 95.3 Å². The molecular weight excluding hydrogens is 410 g/mol. The minimum absolute atomic E-state index is 0.0418. The summed E-state index contributed by atoms with van der Waals surface area (Å²) < 4.78 is 50.5. The second-order valence-corrected chi connectivity index (χ2v) is 8.60. The van der Waals surface area contributed by atoms with Crippen LogP contribution in [0.4, 0.5) is 8.78 Å². The van der Waals surface area contributed by atoms with Gasteiger partial charge in [0.2, 0.25) is 16.0 Å². The number of benzene rings is 2. The Hall–Kier alpha value is -3.17. The van der Waals surface area contributed by atoms with Crippen LogP contribution in [-0.2, 0) is 15.6 Å². The van der Waals surface area contributed by atoms with Crippen molar-refractivity contribution in [2.45, 2.75) is 23.4 Å². The third kappa shape index (κ3) is 3.46. The predicted molar refractivity (Wildman–Crippen MR) is 108 cm³/mol. The van der Waals surface area contributed by atoms with E-state index in [2.05, 4.69) is 15.3 Å². The number of halogens is 2. The fraction of sp³-hybridized carbons (Fsp3) is 0.143. The summed E-state index contributed by atoms with van der Waals surface area (Å²) in [5, 5.41) is 8.60. The van der Waals surface area contributed by atoms with Crippen LogP contribution in [0.25, 0.3) is 0 Å². The molecule has 1 aliphatic rings. The average molecular weight is 428 g/mol. The Morgan fingerprint density at radius 1 is 1.03 bits per heavy atom. The third-order valence-electron chi connectivity index (χ3n) is 5.18. The molecule has 0 radical (unpaired) electrons. The van der Waals surface area contributed by atoms with E-state index >= 15 is 0 Å². The first-order valence-electron chi connectivity index (χ1n) is 9.07. The number of nitrogens with two attached hydrogens (primary N) is 1. The second kappa shape index (κ2) is 7.26. The molecule has 0 saturated heterocycles. The standard InChI is InChI=1S/C21H18F2N4O2S/c1-13-21(15-5-8-17(22)9-6-15,16-7-10-19(23)25-12-16)27-20(26-13)14-3-2-4-18(11-14)30(24,28)29/h2-13H,1H3,(H,26,27)(H2,24,28,29)/t13-,21-/m0/s1. The number of nitrogens with one attached hydrogen (secondary N) is 1. The van der Waals surface area contributed by atoms with E-state index < -0.39 is 33.4 Å². The number of aromatic nitrogens is 1. The summed E-state index contributed by atoms with van der Waals surface area (Å²) in [6, 6.07) is 14.5. The van der Waals surface area contributed by atoms with Gasteiger partial charge in [-0.1, -0.05) is 30.3 Å². The molecule has 0 aliphatic carbocycles. The van der Waals surface area contributed by atoms with E-state index in [1.165, 1.54) is 36.5 Å². The van der Waals surface area contributed by atoms with Crippen molar-refractivity contribution < 1.29 is 17.2 Å². The lowest BCUT2D eigenvalue weighted by molar-refractivity contribution is 0.430. The highest BCUT2D eigenvalue weighted by Crippen LogP contribution is 2.38. The van der Waals surface area contributed by atoms with Crippen LogP contribution in [0.2, 0.25) is 0 Å². The maximum absolute atomic E-state index is 13.6. The SMILES string of the molecule is C[C@@H]1N=C(c2cccc(S(N)(=O)=O)c2)N[C@@]1(c1ccc(F)cc1)c1ccc(F)nc1. The van der Waals surface area contributed by atoms with Crippen LogP contribution < -0.4 is 10.5 Å². The normalized spacial score (nSPS) is 21.2. The molecule has 2 heterocycles. The lowest BCUT2D eigenvalue weighted by atomic mass is 9.79. The van der Waals surface area contributed by atoms with Crippen LogP contribution in [0.1, 0.15) is 23.6 Å². The van der Waals surface area contributed by atoms with Gasteiger partial charge >= 0.3 is 0 Å². The van der Waals surface area contributed by atoms with Crippen molar-refractivity contribution in [1.82, 2.24) is 10.3 Å². The highest BCUT2D eigenvalue weighted by Gasteiger charge is 2.45. The number of amidine groups is 1. The molecule has 3 N–H and O–H groups in total. The largest absolute Gasteiger partial charge is 0.354 e. The van der Waals surface area contributed by atoms with Gasteiger partial charge in [0.15, 0.2) is 0 Å². The van der Waals surface area contributed by atoms with Crippen LogP contribution >= 0.6 is 0 Å². The van der Waals surface area contributed by atoms with Gasteiger partial charge < -0.3 is 5.32 Å². The topological polar surface area (TPSA) is 97.4 Å². The molecule has 1 aromatic heterocycles. The number of aliphatic imine (C=N–C) groups is 1. The fourth-order valence-corrected chi connectivity index (χ4v) is 4.26. The van der Waals surface area contributed by atoms with Gasteiger partial charge in [-0.3, -0.25) is 4.99 Å². The van der Waals surface area contributed by atoms with Crippen LogP contribution in [0.15, 0.2) is 76.7 Å². The minimum atomic E-state index is -3.89. The van der Waals surface area contributed by atoms with Crippen molar-refractivity contribution in [3.8, 4) is 0 Å². The number of pyridine rings is 1. The maximum atomic E-state index is 13.6. The van der Waals surface area contributed by atoms with Crippen molar-refractivity contribution >= 4 is 15.9 Å². The van der Waals surface area contributed by atoms with E-state index in [1.54, 1.807) is 30.3 Å². The molecule has 4 rings (SSSR count). The van der Waals surface area contributed by atoms with E-state index in [0.29, 0.717) is 22.5 Å². The molecule has 3 aromatic rings. The van der Waals surface area contributed by atoms with Gasteiger partial charge in [0, 0.05) is 17.3 Å². The van der Waals surface area contributed by atoms with Crippen molar-refractivity contribution in [2.75, 3.05) is 0 Å².